The fraction of sp³-hybridized carbons (Fsp3) is 0.143. The van der Waals surface area contributed by atoms with Gasteiger partial charge < -0.3 is 15.8 Å². The van der Waals surface area contributed by atoms with Gasteiger partial charge >= 0.3 is 5.97 Å². The van der Waals surface area contributed by atoms with E-state index in [2.05, 4.69) is 16.6 Å². The number of carbonyl (C=O) groups is 2. The molecule has 0 saturated carbocycles. The highest BCUT2D eigenvalue weighted by Crippen LogP contribution is 1.94. The van der Waals surface area contributed by atoms with Crippen LogP contribution in [0.2, 0.25) is 0 Å². The Morgan fingerprint density at radius 3 is 2.50 bits per heavy atom. The number of amides is 1. The first-order valence-electron chi connectivity index (χ1n) is 3.09. The molecule has 66 valence electrons. The molecule has 12 heavy (non-hydrogen) atoms. The molecule has 0 atom stereocenters. The minimum absolute atomic E-state index is 0.252. The van der Waals surface area contributed by atoms with Crippen LogP contribution in [0.5, 0.6) is 0 Å². The Morgan fingerprint density at radius 2 is 2.17 bits per heavy atom. The summed E-state index contributed by atoms with van der Waals surface area (Å²) in [6.07, 6.45) is 2.03. The van der Waals surface area contributed by atoms with Gasteiger partial charge in [-0.2, -0.15) is 0 Å². The van der Waals surface area contributed by atoms with Gasteiger partial charge in [0, 0.05) is 6.20 Å². The smallest absolute Gasteiger partial charge is 0.344 e. The molecule has 0 spiro atoms. The Morgan fingerprint density at radius 1 is 1.58 bits per heavy atom. The molecule has 0 radical (unpaired) electrons. The Balaban J connectivity index is 4.47. The number of nitrogens with two attached hydrogens (primary N) is 1. The zero-order chi connectivity index (χ0) is 9.56. The van der Waals surface area contributed by atoms with E-state index in [1.807, 2.05) is 0 Å². The van der Waals surface area contributed by atoms with Crippen molar-refractivity contribution in [3.63, 3.8) is 0 Å². The number of methoxy groups -OCH3 is 1. The first-order chi connectivity index (χ1) is 5.67. The van der Waals surface area contributed by atoms with Crippen LogP contribution in [-0.4, -0.2) is 19.0 Å². The molecule has 0 rings (SSSR count). The molecule has 0 unspecified atom stereocenters. The molecule has 0 aromatic rings. The summed E-state index contributed by atoms with van der Waals surface area (Å²) in [4.78, 5) is 21.7. The first-order valence-corrected chi connectivity index (χ1v) is 3.09. The minimum atomic E-state index is -0.781. The average molecular weight is 170 g/mol. The van der Waals surface area contributed by atoms with Gasteiger partial charge in [-0.1, -0.05) is 6.58 Å². The standard InChI is InChI=1S/C7H10N2O3/c1-3-9-6(10)5(4-8)7(11)12-2/h3-4H,1,8H2,2H3,(H,9,10)/b5-4+. The van der Waals surface area contributed by atoms with Gasteiger partial charge in [-0.15, -0.1) is 0 Å². The highest BCUT2D eigenvalue weighted by atomic mass is 16.5. The van der Waals surface area contributed by atoms with Crippen LogP contribution in [0.3, 0.4) is 0 Å². The summed E-state index contributed by atoms with van der Waals surface area (Å²) < 4.78 is 4.29. The van der Waals surface area contributed by atoms with Gasteiger partial charge in [0.15, 0.2) is 0 Å². The average Bonchev–Trinajstić information content (AvgIpc) is 2.06. The molecule has 0 saturated heterocycles. The number of carbonyl (C=O) groups excluding carboxylic acids is 2. The number of nitrogens with one attached hydrogen (secondary N) is 1. The van der Waals surface area contributed by atoms with Gasteiger partial charge in [0.25, 0.3) is 5.91 Å². The number of esters is 1. The molecular weight excluding hydrogens is 160 g/mol. The van der Waals surface area contributed by atoms with Crippen molar-refractivity contribution in [2.45, 2.75) is 0 Å². The topological polar surface area (TPSA) is 81.4 Å². The molecule has 0 heterocycles. The summed E-state index contributed by atoms with van der Waals surface area (Å²) in [6, 6.07) is 0. The van der Waals surface area contributed by atoms with Crippen molar-refractivity contribution in [2.24, 2.45) is 5.73 Å². The Bertz CT molecular complexity index is 233. The lowest BCUT2D eigenvalue weighted by Gasteiger charge is -2.01. The van der Waals surface area contributed by atoms with Crippen LogP contribution < -0.4 is 11.1 Å². The summed E-state index contributed by atoms with van der Waals surface area (Å²) in [5.74, 6) is -1.42. The van der Waals surface area contributed by atoms with Crippen LogP contribution in [-0.2, 0) is 14.3 Å². The molecule has 0 aliphatic rings. The Kier molecular flexibility index (Phi) is 4.21. The number of ether oxygens (including phenoxy) is 1. The van der Waals surface area contributed by atoms with E-state index in [0.29, 0.717) is 0 Å². The first kappa shape index (κ1) is 10.2. The van der Waals surface area contributed by atoms with E-state index in [-0.39, 0.29) is 5.57 Å². The fourth-order valence-corrected chi connectivity index (χ4v) is 0.517. The second kappa shape index (κ2) is 4.95. The summed E-state index contributed by atoms with van der Waals surface area (Å²) in [5, 5.41) is 2.19. The second-order valence-electron chi connectivity index (χ2n) is 1.75. The molecule has 1 amide bonds. The lowest BCUT2D eigenvalue weighted by atomic mass is 10.3. The molecule has 3 N–H and O–H groups in total. The van der Waals surface area contributed by atoms with Crippen molar-refractivity contribution in [1.29, 1.82) is 0 Å². The van der Waals surface area contributed by atoms with Gasteiger partial charge in [0.2, 0.25) is 0 Å². The Labute approximate surface area is 69.9 Å². The van der Waals surface area contributed by atoms with Crippen molar-refractivity contribution < 1.29 is 14.3 Å². The predicted octanol–water partition coefficient (Wildman–Crippen LogP) is -0.738. The van der Waals surface area contributed by atoms with E-state index in [9.17, 15) is 9.59 Å². The zero-order valence-corrected chi connectivity index (χ0v) is 6.66. The van der Waals surface area contributed by atoms with Gasteiger partial charge in [-0.05, 0) is 6.20 Å². The largest absolute Gasteiger partial charge is 0.465 e. The monoisotopic (exact) mass is 170 g/mol. The Hall–Kier alpha value is -1.78. The highest BCUT2D eigenvalue weighted by Gasteiger charge is 2.16. The third kappa shape index (κ3) is 2.45. The molecule has 0 fully saturated rings. The maximum absolute atomic E-state index is 10.9. The summed E-state index contributed by atoms with van der Waals surface area (Å²) in [6.45, 7) is 3.25. The third-order valence-electron chi connectivity index (χ3n) is 1.05. The van der Waals surface area contributed by atoms with E-state index in [4.69, 9.17) is 5.73 Å². The normalized spacial score (nSPS) is 10.2. The minimum Gasteiger partial charge on any atom is -0.465 e. The van der Waals surface area contributed by atoms with Gasteiger partial charge in [0.1, 0.15) is 5.57 Å². The fourth-order valence-electron chi connectivity index (χ4n) is 0.517. The number of hydrogen-bond donors (Lipinski definition) is 2. The molecule has 0 aliphatic heterocycles. The lowest BCUT2D eigenvalue weighted by molar-refractivity contribution is -0.138. The van der Waals surface area contributed by atoms with Crippen molar-refractivity contribution in [1.82, 2.24) is 5.32 Å². The van der Waals surface area contributed by atoms with Gasteiger partial charge in [-0.3, -0.25) is 4.79 Å². The molecule has 5 nitrogen and oxygen atoms in total. The maximum Gasteiger partial charge on any atom is 0.344 e. The molecule has 0 aromatic heterocycles. The summed E-state index contributed by atoms with van der Waals surface area (Å²) in [7, 11) is 1.16. The van der Waals surface area contributed by atoms with E-state index < -0.39 is 11.9 Å². The van der Waals surface area contributed by atoms with E-state index in [1.165, 1.54) is 0 Å². The van der Waals surface area contributed by atoms with E-state index in [0.717, 1.165) is 19.5 Å². The van der Waals surface area contributed by atoms with Gasteiger partial charge in [0.05, 0.1) is 7.11 Å². The van der Waals surface area contributed by atoms with Crippen molar-refractivity contribution in [2.75, 3.05) is 7.11 Å². The van der Waals surface area contributed by atoms with Gasteiger partial charge in [-0.25, -0.2) is 4.79 Å². The maximum atomic E-state index is 10.9. The lowest BCUT2D eigenvalue weighted by Crippen LogP contribution is -2.25. The third-order valence-corrected chi connectivity index (χ3v) is 1.05. The molecular formula is C7H10N2O3. The van der Waals surface area contributed by atoms with Crippen molar-refractivity contribution in [3.8, 4) is 0 Å². The van der Waals surface area contributed by atoms with E-state index in [1.54, 1.807) is 0 Å². The summed E-state index contributed by atoms with van der Waals surface area (Å²) >= 11 is 0. The van der Waals surface area contributed by atoms with Crippen molar-refractivity contribution >= 4 is 11.9 Å². The quantitative estimate of drug-likeness (QED) is 0.253. The molecule has 0 aliphatic carbocycles. The predicted molar refractivity (Wildman–Crippen MR) is 42.6 cm³/mol. The number of hydrogen-bond acceptors (Lipinski definition) is 4. The molecule has 5 heteroatoms. The summed E-state index contributed by atoms with van der Waals surface area (Å²) in [5.41, 5.74) is 4.77. The van der Waals surface area contributed by atoms with Crippen molar-refractivity contribution in [3.05, 3.63) is 24.6 Å². The molecule has 0 bridgehead atoms. The zero-order valence-electron chi connectivity index (χ0n) is 6.66. The second-order valence-corrected chi connectivity index (χ2v) is 1.75. The number of rotatable bonds is 3. The van der Waals surface area contributed by atoms with Crippen LogP contribution in [0, 0.1) is 0 Å². The van der Waals surface area contributed by atoms with Crippen LogP contribution >= 0.6 is 0 Å². The van der Waals surface area contributed by atoms with Crippen LogP contribution in [0.1, 0.15) is 0 Å². The van der Waals surface area contributed by atoms with Crippen LogP contribution in [0.4, 0.5) is 0 Å². The highest BCUT2D eigenvalue weighted by molar-refractivity contribution is 6.16. The van der Waals surface area contributed by atoms with E-state index >= 15 is 0 Å². The SMILES string of the molecule is C=CNC(=O)/C(=C\N)C(=O)OC. The van der Waals surface area contributed by atoms with Crippen LogP contribution in [0.15, 0.2) is 24.6 Å². The van der Waals surface area contributed by atoms with Crippen LogP contribution in [0.25, 0.3) is 0 Å². The molecule has 0 aromatic carbocycles.